The predicted molar refractivity (Wildman–Crippen MR) is 122 cm³/mol. The van der Waals surface area contributed by atoms with Crippen molar-refractivity contribution in [3.8, 4) is 11.5 Å². The molecule has 5 rings (SSSR count). The Kier molecular flexibility index (Phi) is 5.06. The lowest BCUT2D eigenvalue weighted by molar-refractivity contribution is 0.689. The van der Waals surface area contributed by atoms with Crippen molar-refractivity contribution in [2.24, 2.45) is 0 Å². The van der Waals surface area contributed by atoms with Crippen LogP contribution in [-0.2, 0) is 13.1 Å². The van der Waals surface area contributed by atoms with Gasteiger partial charge >= 0.3 is 0 Å². The van der Waals surface area contributed by atoms with Gasteiger partial charge in [0.1, 0.15) is 6.33 Å². The van der Waals surface area contributed by atoms with Crippen LogP contribution in [0.25, 0.3) is 22.5 Å². The van der Waals surface area contributed by atoms with E-state index in [1.807, 2.05) is 55.3 Å². The summed E-state index contributed by atoms with van der Waals surface area (Å²) in [5.41, 5.74) is 7.70. The van der Waals surface area contributed by atoms with Crippen LogP contribution in [0.5, 0.6) is 0 Å². The van der Waals surface area contributed by atoms with Crippen LogP contribution in [0.4, 0.5) is 0 Å². The monoisotopic (exact) mass is 408 g/mol. The quantitative estimate of drug-likeness (QED) is 0.449. The number of imidazole rings is 1. The van der Waals surface area contributed by atoms with Gasteiger partial charge in [0.15, 0.2) is 5.82 Å². The molecule has 0 saturated heterocycles. The van der Waals surface area contributed by atoms with E-state index in [4.69, 9.17) is 0 Å². The molecule has 0 amide bonds. The highest BCUT2D eigenvalue weighted by atomic mass is 15.3. The number of aromatic nitrogens is 5. The van der Waals surface area contributed by atoms with Crippen LogP contribution < -0.4 is 5.32 Å². The van der Waals surface area contributed by atoms with Crippen molar-refractivity contribution in [1.82, 2.24) is 29.6 Å². The van der Waals surface area contributed by atoms with E-state index in [0.29, 0.717) is 0 Å². The summed E-state index contributed by atoms with van der Waals surface area (Å²) in [6, 6.07) is 22.9. The molecule has 5 aromatic rings. The molecular formula is C25H24N6. The third-order valence-corrected chi connectivity index (χ3v) is 5.36. The fraction of sp³-hybridized carbons (Fsp3) is 0.160. The second-order valence-electron chi connectivity index (χ2n) is 7.74. The van der Waals surface area contributed by atoms with Crippen molar-refractivity contribution in [2.75, 3.05) is 0 Å². The molecular weight excluding hydrogens is 384 g/mol. The summed E-state index contributed by atoms with van der Waals surface area (Å²) in [5, 5.41) is 7.98. The van der Waals surface area contributed by atoms with E-state index in [-0.39, 0.29) is 0 Å². The Morgan fingerprint density at radius 3 is 2.35 bits per heavy atom. The van der Waals surface area contributed by atoms with Crippen molar-refractivity contribution < 1.29 is 0 Å². The Morgan fingerprint density at radius 1 is 0.839 bits per heavy atom. The van der Waals surface area contributed by atoms with Gasteiger partial charge in [-0.2, -0.15) is 5.10 Å². The van der Waals surface area contributed by atoms with E-state index < -0.39 is 0 Å². The van der Waals surface area contributed by atoms with Gasteiger partial charge in [-0.05, 0) is 61.4 Å². The lowest BCUT2D eigenvalue weighted by Crippen LogP contribution is -2.13. The Balaban J connectivity index is 1.20. The first-order chi connectivity index (χ1) is 15.2. The van der Waals surface area contributed by atoms with Gasteiger partial charge in [-0.15, -0.1) is 0 Å². The predicted octanol–water partition coefficient (Wildman–Crippen LogP) is 4.51. The molecule has 0 aliphatic heterocycles. The van der Waals surface area contributed by atoms with Crippen LogP contribution in [0, 0.1) is 13.8 Å². The summed E-state index contributed by atoms with van der Waals surface area (Å²) in [4.78, 5) is 9.04. The zero-order valence-electron chi connectivity index (χ0n) is 17.7. The molecule has 0 atom stereocenters. The maximum absolute atomic E-state index is 4.57. The molecule has 0 spiro atoms. The normalized spacial score (nSPS) is 11.3. The number of pyridine rings is 1. The van der Waals surface area contributed by atoms with Crippen LogP contribution in [0.3, 0.4) is 0 Å². The number of aryl methyl sites for hydroxylation is 2. The molecule has 3 heterocycles. The smallest absolute Gasteiger partial charge is 0.153 e. The Hall–Kier alpha value is -3.77. The van der Waals surface area contributed by atoms with Crippen LogP contribution >= 0.6 is 0 Å². The number of hydrogen-bond acceptors (Lipinski definition) is 4. The van der Waals surface area contributed by atoms with Crippen molar-refractivity contribution in [3.63, 3.8) is 0 Å². The largest absolute Gasteiger partial charge is 0.309 e. The third-order valence-electron chi connectivity index (χ3n) is 5.36. The zero-order valence-corrected chi connectivity index (χ0v) is 17.7. The highest BCUT2D eigenvalue weighted by Gasteiger charge is 2.06. The number of fused-ring (bicyclic) bond motifs is 1. The zero-order chi connectivity index (χ0) is 21.2. The molecule has 0 aliphatic carbocycles. The number of nitrogens with one attached hydrogen (secondary N) is 1. The first kappa shape index (κ1) is 19.2. The summed E-state index contributed by atoms with van der Waals surface area (Å²) in [6.07, 6.45) is 3.78. The van der Waals surface area contributed by atoms with E-state index >= 15 is 0 Å². The number of nitrogens with zero attached hydrogens (tertiary/aromatic N) is 5. The number of benzene rings is 2. The molecule has 1 N–H and O–H groups in total. The molecule has 0 unspecified atom stereocenters. The van der Waals surface area contributed by atoms with E-state index in [1.165, 1.54) is 5.56 Å². The first-order valence-electron chi connectivity index (χ1n) is 10.4. The topological polar surface area (TPSA) is 60.6 Å². The molecule has 0 saturated carbocycles. The van der Waals surface area contributed by atoms with E-state index in [2.05, 4.69) is 67.4 Å². The Morgan fingerprint density at radius 2 is 1.61 bits per heavy atom. The molecule has 0 bridgehead atoms. The fourth-order valence-electron chi connectivity index (χ4n) is 3.80. The van der Waals surface area contributed by atoms with Gasteiger partial charge in [0, 0.05) is 30.7 Å². The van der Waals surface area contributed by atoms with Crippen molar-refractivity contribution >= 4 is 11.0 Å². The van der Waals surface area contributed by atoms with E-state index in [1.54, 1.807) is 0 Å². The van der Waals surface area contributed by atoms with Gasteiger partial charge in [-0.1, -0.05) is 30.3 Å². The summed E-state index contributed by atoms with van der Waals surface area (Å²) in [6.45, 7) is 5.59. The van der Waals surface area contributed by atoms with E-state index in [9.17, 15) is 0 Å². The minimum Gasteiger partial charge on any atom is -0.309 e. The Labute approximate surface area is 181 Å². The van der Waals surface area contributed by atoms with Crippen molar-refractivity contribution in [3.05, 3.63) is 102 Å². The fourth-order valence-corrected chi connectivity index (χ4v) is 3.80. The van der Waals surface area contributed by atoms with Gasteiger partial charge in [0.25, 0.3) is 0 Å². The standard InChI is InChI=1S/C25H24N6/c1-18-13-19(2)31(29-18)25-12-9-21(16-27-25)15-26-14-20-7-10-22(11-8-20)30-17-28-23-5-3-4-6-24(23)30/h3-13,16-17,26H,14-15H2,1-2H3. The SMILES string of the molecule is Cc1cc(C)n(-c2ccc(CNCc3ccc(-n4cnc5ccccc54)cc3)cn2)n1. The van der Waals surface area contributed by atoms with Crippen LogP contribution in [-0.4, -0.2) is 24.3 Å². The van der Waals surface area contributed by atoms with Crippen LogP contribution in [0.2, 0.25) is 0 Å². The lowest BCUT2D eigenvalue weighted by atomic mass is 10.2. The van der Waals surface area contributed by atoms with Gasteiger partial charge in [-0.3, -0.25) is 4.57 Å². The Bertz CT molecular complexity index is 1310. The summed E-state index contributed by atoms with van der Waals surface area (Å²) in [5.74, 6) is 0.844. The average Bonchev–Trinajstić information content (AvgIpc) is 3.37. The minimum absolute atomic E-state index is 0.762. The molecule has 0 radical (unpaired) electrons. The van der Waals surface area contributed by atoms with Crippen molar-refractivity contribution in [2.45, 2.75) is 26.9 Å². The maximum atomic E-state index is 4.57. The summed E-state index contributed by atoms with van der Waals surface area (Å²) >= 11 is 0. The summed E-state index contributed by atoms with van der Waals surface area (Å²) < 4.78 is 3.99. The van der Waals surface area contributed by atoms with Gasteiger partial charge < -0.3 is 5.32 Å². The van der Waals surface area contributed by atoms with Crippen LogP contribution in [0.15, 0.2) is 79.3 Å². The number of rotatable bonds is 6. The van der Waals surface area contributed by atoms with E-state index in [0.717, 1.165) is 52.6 Å². The molecule has 0 aliphatic rings. The molecule has 2 aromatic carbocycles. The van der Waals surface area contributed by atoms with Gasteiger partial charge in [-0.25, -0.2) is 14.6 Å². The summed E-state index contributed by atoms with van der Waals surface area (Å²) in [7, 11) is 0. The second kappa shape index (κ2) is 8.16. The van der Waals surface area contributed by atoms with Crippen molar-refractivity contribution in [1.29, 1.82) is 0 Å². The third kappa shape index (κ3) is 3.98. The average molecular weight is 409 g/mol. The highest BCUT2D eigenvalue weighted by molar-refractivity contribution is 5.77. The van der Waals surface area contributed by atoms with Gasteiger partial charge in [0.05, 0.1) is 16.7 Å². The van der Waals surface area contributed by atoms with Crippen LogP contribution in [0.1, 0.15) is 22.5 Å². The lowest BCUT2D eigenvalue weighted by Gasteiger charge is -2.09. The number of para-hydroxylation sites is 2. The first-order valence-corrected chi connectivity index (χ1v) is 10.4. The molecule has 0 fully saturated rings. The maximum Gasteiger partial charge on any atom is 0.153 e. The second-order valence-corrected chi connectivity index (χ2v) is 7.74. The molecule has 6 nitrogen and oxygen atoms in total. The molecule has 31 heavy (non-hydrogen) atoms. The minimum atomic E-state index is 0.762. The molecule has 6 heteroatoms. The highest BCUT2D eigenvalue weighted by Crippen LogP contribution is 2.18. The van der Waals surface area contributed by atoms with Gasteiger partial charge in [0.2, 0.25) is 0 Å². The molecule has 154 valence electrons. The number of hydrogen-bond donors (Lipinski definition) is 1. The molecule has 3 aromatic heterocycles.